The topological polar surface area (TPSA) is 55.4 Å². The number of anilines is 1. The lowest BCUT2D eigenvalue weighted by Gasteiger charge is -2.11. The summed E-state index contributed by atoms with van der Waals surface area (Å²) in [6.45, 7) is 2.02. The van der Waals surface area contributed by atoms with Crippen molar-refractivity contribution in [1.29, 1.82) is 0 Å². The summed E-state index contributed by atoms with van der Waals surface area (Å²) >= 11 is 3.02. The van der Waals surface area contributed by atoms with Crippen LogP contribution in [0.2, 0.25) is 0 Å². The highest BCUT2D eigenvalue weighted by Crippen LogP contribution is 2.25. The van der Waals surface area contributed by atoms with Crippen LogP contribution < -0.4 is 4.72 Å². The van der Waals surface area contributed by atoms with Crippen LogP contribution >= 0.6 is 15.9 Å². The second-order valence-corrected chi connectivity index (χ2v) is 6.54. The van der Waals surface area contributed by atoms with Crippen LogP contribution in [-0.2, 0) is 14.8 Å². The molecule has 0 radical (unpaired) electrons. The van der Waals surface area contributed by atoms with E-state index in [1.165, 1.54) is 19.2 Å². The first kappa shape index (κ1) is 15.4. The molecule has 0 spiro atoms. The van der Waals surface area contributed by atoms with Gasteiger partial charge in [0.25, 0.3) is 0 Å². The minimum absolute atomic E-state index is 0.0325. The molecule has 0 aromatic heterocycles. The highest BCUT2D eigenvalue weighted by atomic mass is 79.9. The van der Waals surface area contributed by atoms with Crippen molar-refractivity contribution in [3.8, 4) is 0 Å². The lowest BCUT2D eigenvalue weighted by atomic mass is 10.2. The molecule has 0 unspecified atom stereocenters. The maximum Gasteiger partial charge on any atom is 0.232 e. The smallest absolute Gasteiger partial charge is 0.232 e. The maximum atomic E-state index is 13.2. The van der Waals surface area contributed by atoms with Crippen LogP contribution in [0.3, 0.4) is 0 Å². The molecule has 0 saturated carbocycles. The Hall–Kier alpha value is -0.660. The van der Waals surface area contributed by atoms with Crippen LogP contribution in [0.1, 0.15) is 12.0 Å². The number of benzene rings is 1. The van der Waals surface area contributed by atoms with Gasteiger partial charge in [-0.1, -0.05) is 0 Å². The van der Waals surface area contributed by atoms with Gasteiger partial charge in [-0.25, -0.2) is 12.8 Å². The van der Waals surface area contributed by atoms with Gasteiger partial charge in [0.15, 0.2) is 0 Å². The Morgan fingerprint density at radius 3 is 2.72 bits per heavy atom. The number of sulfonamides is 1. The van der Waals surface area contributed by atoms with Gasteiger partial charge >= 0.3 is 0 Å². The van der Waals surface area contributed by atoms with E-state index >= 15 is 0 Å². The molecule has 7 heteroatoms. The van der Waals surface area contributed by atoms with E-state index in [-0.39, 0.29) is 10.2 Å². The van der Waals surface area contributed by atoms with Crippen molar-refractivity contribution < 1.29 is 17.5 Å². The van der Waals surface area contributed by atoms with Gasteiger partial charge < -0.3 is 4.74 Å². The number of aryl methyl sites for hydroxylation is 1. The van der Waals surface area contributed by atoms with E-state index in [0.717, 1.165) is 0 Å². The predicted octanol–water partition coefficient (Wildman–Crippen LogP) is 2.67. The number of ether oxygens (including phenoxy) is 1. The first-order valence-electron chi connectivity index (χ1n) is 5.31. The van der Waals surface area contributed by atoms with Crippen molar-refractivity contribution in [2.75, 3.05) is 24.2 Å². The fourth-order valence-corrected chi connectivity index (χ4v) is 2.87. The minimum Gasteiger partial charge on any atom is -0.385 e. The third-order valence-corrected chi connectivity index (χ3v) is 4.26. The van der Waals surface area contributed by atoms with Gasteiger partial charge in [-0.05, 0) is 47.0 Å². The second-order valence-electron chi connectivity index (χ2n) is 3.85. The molecule has 1 aromatic carbocycles. The molecular weight excluding hydrogens is 325 g/mol. The Balaban J connectivity index is 2.81. The van der Waals surface area contributed by atoms with Gasteiger partial charge in [0, 0.05) is 13.7 Å². The average molecular weight is 340 g/mol. The van der Waals surface area contributed by atoms with Crippen molar-refractivity contribution in [1.82, 2.24) is 0 Å². The lowest BCUT2D eigenvalue weighted by Crippen LogP contribution is -2.18. The zero-order valence-corrected chi connectivity index (χ0v) is 12.6. The summed E-state index contributed by atoms with van der Waals surface area (Å²) in [4.78, 5) is 0. The number of nitrogens with one attached hydrogen (secondary N) is 1. The van der Waals surface area contributed by atoms with Crippen LogP contribution in [0.25, 0.3) is 0 Å². The summed E-state index contributed by atoms with van der Waals surface area (Å²) in [5, 5.41) is 0. The molecule has 0 fully saturated rings. The fraction of sp³-hybridized carbons (Fsp3) is 0.455. The summed E-state index contributed by atoms with van der Waals surface area (Å²) in [7, 11) is -1.92. The standard InChI is InChI=1S/C11H15BrFNO3S/c1-8-6-10(13)9(12)7-11(8)14-18(15,16)5-3-4-17-2/h6-7,14H,3-5H2,1-2H3. The summed E-state index contributed by atoms with van der Waals surface area (Å²) in [6.07, 6.45) is 0.410. The van der Waals surface area contributed by atoms with Crippen LogP contribution in [0.5, 0.6) is 0 Å². The van der Waals surface area contributed by atoms with E-state index in [9.17, 15) is 12.8 Å². The first-order chi connectivity index (χ1) is 8.35. The minimum atomic E-state index is -3.43. The molecule has 0 aliphatic heterocycles. The number of methoxy groups -OCH3 is 1. The number of halogens is 2. The van der Waals surface area contributed by atoms with E-state index in [1.54, 1.807) is 6.92 Å². The number of rotatable bonds is 6. The summed E-state index contributed by atoms with van der Waals surface area (Å²) in [6, 6.07) is 2.69. The molecular formula is C11H15BrFNO3S. The van der Waals surface area contributed by atoms with Crippen molar-refractivity contribution >= 4 is 31.6 Å². The first-order valence-corrected chi connectivity index (χ1v) is 7.75. The Kier molecular flexibility index (Phi) is 5.55. The van der Waals surface area contributed by atoms with Gasteiger partial charge in [0.2, 0.25) is 10.0 Å². The van der Waals surface area contributed by atoms with Crippen LogP contribution in [0.4, 0.5) is 10.1 Å². The van der Waals surface area contributed by atoms with E-state index < -0.39 is 15.8 Å². The lowest BCUT2D eigenvalue weighted by molar-refractivity contribution is 0.199. The van der Waals surface area contributed by atoms with Gasteiger partial charge in [0.1, 0.15) is 5.82 Å². The van der Waals surface area contributed by atoms with Crippen LogP contribution in [0.15, 0.2) is 16.6 Å². The SMILES string of the molecule is COCCCS(=O)(=O)Nc1cc(Br)c(F)cc1C. The second kappa shape index (κ2) is 6.49. The maximum absolute atomic E-state index is 13.2. The fourth-order valence-electron chi connectivity index (χ4n) is 1.37. The molecule has 1 aromatic rings. The zero-order valence-electron chi connectivity index (χ0n) is 10.2. The molecule has 0 atom stereocenters. The van der Waals surface area contributed by atoms with E-state index in [2.05, 4.69) is 20.7 Å². The molecule has 18 heavy (non-hydrogen) atoms. The third-order valence-electron chi connectivity index (χ3n) is 2.29. The largest absolute Gasteiger partial charge is 0.385 e. The molecule has 0 aliphatic rings. The van der Waals surface area contributed by atoms with Crippen LogP contribution in [0, 0.1) is 12.7 Å². The predicted molar refractivity (Wildman–Crippen MR) is 72.7 cm³/mol. The molecule has 0 saturated heterocycles. The van der Waals surface area contributed by atoms with E-state index in [4.69, 9.17) is 4.74 Å². The molecule has 1 rings (SSSR count). The van der Waals surface area contributed by atoms with Crippen LogP contribution in [-0.4, -0.2) is 27.9 Å². The van der Waals surface area contributed by atoms with Crippen molar-refractivity contribution in [2.24, 2.45) is 0 Å². The Bertz CT molecular complexity index is 519. The zero-order chi connectivity index (χ0) is 13.8. The van der Waals surface area contributed by atoms with E-state index in [0.29, 0.717) is 24.3 Å². The van der Waals surface area contributed by atoms with Gasteiger partial charge in [-0.3, -0.25) is 4.72 Å². The van der Waals surface area contributed by atoms with Gasteiger partial charge in [0.05, 0.1) is 15.9 Å². The molecule has 0 aliphatic carbocycles. The molecule has 1 N–H and O–H groups in total. The quantitative estimate of drug-likeness (QED) is 0.810. The highest BCUT2D eigenvalue weighted by Gasteiger charge is 2.13. The van der Waals surface area contributed by atoms with Gasteiger partial charge in [-0.15, -0.1) is 0 Å². The monoisotopic (exact) mass is 339 g/mol. The summed E-state index contributed by atoms with van der Waals surface area (Å²) in [5.41, 5.74) is 0.909. The molecule has 102 valence electrons. The Morgan fingerprint density at radius 2 is 2.11 bits per heavy atom. The highest BCUT2D eigenvalue weighted by molar-refractivity contribution is 9.10. The van der Waals surface area contributed by atoms with E-state index in [1.807, 2.05) is 0 Å². The molecule has 0 heterocycles. The summed E-state index contributed by atoms with van der Waals surface area (Å²) < 4.78 is 44.2. The Morgan fingerprint density at radius 1 is 1.44 bits per heavy atom. The Labute approximate surface area is 115 Å². The molecule has 0 bridgehead atoms. The molecule has 0 amide bonds. The average Bonchev–Trinajstić information content (AvgIpc) is 2.26. The van der Waals surface area contributed by atoms with Gasteiger partial charge in [-0.2, -0.15) is 0 Å². The van der Waals surface area contributed by atoms with Crippen molar-refractivity contribution in [3.63, 3.8) is 0 Å². The third kappa shape index (κ3) is 4.55. The number of hydrogen-bond donors (Lipinski definition) is 1. The van der Waals surface area contributed by atoms with Crippen molar-refractivity contribution in [2.45, 2.75) is 13.3 Å². The normalized spacial score (nSPS) is 11.6. The summed E-state index contributed by atoms with van der Waals surface area (Å²) in [5.74, 6) is -0.454. The number of hydrogen-bond acceptors (Lipinski definition) is 3. The van der Waals surface area contributed by atoms with Crippen molar-refractivity contribution in [3.05, 3.63) is 28.0 Å². The molecule has 4 nitrogen and oxygen atoms in total.